The lowest BCUT2D eigenvalue weighted by atomic mass is 10.1. The SMILES string of the molecule is CC(C)SCc1cccc(Nc2ncnc(-c3cc(F)ccc3OCc3cccc(F)c3)n2)c1. The maximum absolute atomic E-state index is 14.1. The number of nitrogens with zero attached hydrogens (tertiary/aromatic N) is 3. The third-order valence-corrected chi connectivity index (χ3v) is 5.97. The molecule has 0 aliphatic carbocycles. The molecule has 5 nitrogen and oxygen atoms in total. The van der Waals surface area contributed by atoms with Crippen molar-refractivity contribution in [3.8, 4) is 17.1 Å². The van der Waals surface area contributed by atoms with Crippen LogP contribution in [0.3, 0.4) is 0 Å². The summed E-state index contributed by atoms with van der Waals surface area (Å²) in [6, 6.07) is 18.3. The summed E-state index contributed by atoms with van der Waals surface area (Å²) in [6.45, 7) is 4.46. The molecule has 0 fully saturated rings. The lowest BCUT2D eigenvalue weighted by Gasteiger charge is -2.12. The van der Waals surface area contributed by atoms with Crippen LogP contribution in [-0.4, -0.2) is 20.2 Å². The molecule has 34 heavy (non-hydrogen) atoms. The molecule has 0 unspecified atom stereocenters. The van der Waals surface area contributed by atoms with Gasteiger partial charge in [0.1, 0.15) is 30.3 Å². The molecule has 0 radical (unpaired) electrons. The van der Waals surface area contributed by atoms with Gasteiger partial charge in [-0.1, -0.05) is 38.1 Å². The smallest absolute Gasteiger partial charge is 0.230 e. The Morgan fingerprint density at radius 3 is 2.53 bits per heavy atom. The molecule has 8 heteroatoms. The average Bonchev–Trinajstić information content (AvgIpc) is 2.82. The van der Waals surface area contributed by atoms with Gasteiger partial charge in [0.05, 0.1) is 5.56 Å². The highest BCUT2D eigenvalue weighted by Crippen LogP contribution is 2.30. The Kier molecular flexibility index (Phi) is 7.69. The van der Waals surface area contributed by atoms with E-state index in [4.69, 9.17) is 4.74 Å². The number of hydrogen-bond acceptors (Lipinski definition) is 6. The van der Waals surface area contributed by atoms with E-state index in [2.05, 4.69) is 46.2 Å². The first-order valence-corrected chi connectivity index (χ1v) is 11.8. The van der Waals surface area contributed by atoms with Gasteiger partial charge in [-0.2, -0.15) is 16.7 Å². The second-order valence-corrected chi connectivity index (χ2v) is 9.44. The Bertz CT molecular complexity index is 1270. The maximum Gasteiger partial charge on any atom is 0.230 e. The van der Waals surface area contributed by atoms with Crippen LogP contribution >= 0.6 is 11.8 Å². The van der Waals surface area contributed by atoms with Gasteiger partial charge in [-0.3, -0.25) is 0 Å². The summed E-state index contributed by atoms with van der Waals surface area (Å²) in [7, 11) is 0. The number of aromatic nitrogens is 3. The van der Waals surface area contributed by atoms with Gasteiger partial charge < -0.3 is 10.1 Å². The van der Waals surface area contributed by atoms with E-state index in [1.807, 2.05) is 23.9 Å². The van der Waals surface area contributed by atoms with Crippen molar-refractivity contribution in [2.75, 3.05) is 5.32 Å². The first kappa shape index (κ1) is 23.6. The largest absolute Gasteiger partial charge is 0.488 e. The summed E-state index contributed by atoms with van der Waals surface area (Å²) in [5, 5.41) is 3.74. The molecule has 1 aromatic heterocycles. The van der Waals surface area contributed by atoms with Crippen LogP contribution in [0.1, 0.15) is 25.0 Å². The van der Waals surface area contributed by atoms with Gasteiger partial charge in [0, 0.05) is 11.4 Å². The van der Waals surface area contributed by atoms with Gasteiger partial charge in [-0.05, 0) is 58.8 Å². The molecule has 0 atom stereocenters. The molecule has 0 amide bonds. The number of nitrogens with one attached hydrogen (secondary N) is 1. The van der Waals surface area contributed by atoms with E-state index in [-0.39, 0.29) is 18.2 Å². The van der Waals surface area contributed by atoms with Gasteiger partial charge >= 0.3 is 0 Å². The third-order valence-electron chi connectivity index (χ3n) is 4.80. The van der Waals surface area contributed by atoms with Crippen LogP contribution in [0, 0.1) is 11.6 Å². The Morgan fingerprint density at radius 1 is 0.912 bits per heavy atom. The van der Waals surface area contributed by atoms with E-state index in [1.165, 1.54) is 42.2 Å². The molecule has 0 spiro atoms. The molecule has 3 aromatic carbocycles. The molecule has 0 aliphatic heterocycles. The van der Waals surface area contributed by atoms with Crippen LogP contribution in [0.2, 0.25) is 0 Å². The van der Waals surface area contributed by atoms with Crippen LogP contribution < -0.4 is 10.1 Å². The second kappa shape index (κ2) is 11.1. The van der Waals surface area contributed by atoms with Gasteiger partial charge in [-0.15, -0.1) is 0 Å². The third kappa shape index (κ3) is 6.51. The van der Waals surface area contributed by atoms with E-state index in [1.54, 1.807) is 12.1 Å². The monoisotopic (exact) mass is 478 g/mol. The predicted molar refractivity (Wildman–Crippen MR) is 132 cm³/mol. The van der Waals surface area contributed by atoms with Crippen molar-refractivity contribution in [1.82, 2.24) is 15.0 Å². The lowest BCUT2D eigenvalue weighted by molar-refractivity contribution is 0.306. The van der Waals surface area contributed by atoms with Crippen molar-refractivity contribution in [1.29, 1.82) is 0 Å². The summed E-state index contributed by atoms with van der Waals surface area (Å²) in [4.78, 5) is 12.9. The van der Waals surface area contributed by atoms with Gasteiger partial charge in [-0.25, -0.2) is 18.7 Å². The zero-order chi connectivity index (χ0) is 23.9. The highest BCUT2D eigenvalue weighted by Gasteiger charge is 2.13. The summed E-state index contributed by atoms with van der Waals surface area (Å²) in [6.07, 6.45) is 1.37. The molecule has 1 N–H and O–H groups in total. The van der Waals surface area contributed by atoms with Gasteiger partial charge in [0.25, 0.3) is 0 Å². The molecule has 0 saturated heterocycles. The maximum atomic E-state index is 14.1. The fourth-order valence-corrected chi connectivity index (χ4v) is 3.91. The molecular weight excluding hydrogens is 454 g/mol. The van der Waals surface area contributed by atoms with Crippen LogP contribution in [0.4, 0.5) is 20.4 Å². The van der Waals surface area contributed by atoms with Crippen molar-refractivity contribution in [3.05, 3.63) is 95.8 Å². The van der Waals surface area contributed by atoms with E-state index >= 15 is 0 Å². The topological polar surface area (TPSA) is 59.9 Å². The minimum Gasteiger partial charge on any atom is -0.488 e. The molecule has 0 bridgehead atoms. The highest BCUT2D eigenvalue weighted by molar-refractivity contribution is 7.99. The van der Waals surface area contributed by atoms with Crippen LogP contribution in [0.25, 0.3) is 11.4 Å². The minimum atomic E-state index is -0.446. The Balaban J connectivity index is 1.54. The van der Waals surface area contributed by atoms with Gasteiger partial charge in [0.15, 0.2) is 5.82 Å². The lowest BCUT2D eigenvalue weighted by Crippen LogP contribution is -2.03. The summed E-state index contributed by atoms with van der Waals surface area (Å²) in [5.74, 6) is 1.09. The Hall–Kier alpha value is -3.52. The first-order valence-electron chi connectivity index (χ1n) is 10.8. The fraction of sp³-hybridized carbons (Fsp3) is 0.192. The number of anilines is 2. The molecule has 174 valence electrons. The van der Waals surface area contributed by atoms with E-state index in [0.29, 0.717) is 28.1 Å². The van der Waals surface area contributed by atoms with Crippen LogP contribution in [0.15, 0.2) is 73.1 Å². The van der Waals surface area contributed by atoms with E-state index < -0.39 is 5.82 Å². The fourth-order valence-electron chi connectivity index (χ4n) is 3.21. The minimum absolute atomic E-state index is 0.119. The number of thioether (sulfide) groups is 1. The number of benzene rings is 3. The van der Waals surface area contributed by atoms with Crippen molar-refractivity contribution >= 4 is 23.4 Å². The number of ether oxygens (including phenoxy) is 1. The first-order chi connectivity index (χ1) is 16.5. The number of rotatable bonds is 9. The predicted octanol–water partition coefficient (Wildman–Crippen LogP) is 6.78. The van der Waals surface area contributed by atoms with Crippen molar-refractivity contribution in [2.45, 2.75) is 31.5 Å². The summed E-state index contributed by atoms with van der Waals surface area (Å²) in [5.41, 5.74) is 3.07. The van der Waals surface area contributed by atoms with Crippen molar-refractivity contribution < 1.29 is 13.5 Å². The molecule has 4 aromatic rings. The zero-order valence-corrected chi connectivity index (χ0v) is 19.7. The second-order valence-electron chi connectivity index (χ2n) is 7.88. The Morgan fingerprint density at radius 2 is 1.71 bits per heavy atom. The molecule has 0 aliphatic rings. The van der Waals surface area contributed by atoms with Crippen LogP contribution in [0.5, 0.6) is 5.75 Å². The van der Waals surface area contributed by atoms with E-state index in [9.17, 15) is 8.78 Å². The standard InChI is InChI=1S/C26H24F2N4OS/c1-17(2)34-15-19-6-4-8-22(12-19)31-26-30-16-29-25(32-26)23-13-21(28)9-10-24(23)33-14-18-5-3-7-20(27)11-18/h3-13,16-17H,14-15H2,1-2H3,(H,29,30,31,32). The highest BCUT2D eigenvalue weighted by atomic mass is 32.2. The van der Waals surface area contributed by atoms with Crippen molar-refractivity contribution in [2.24, 2.45) is 0 Å². The van der Waals surface area contributed by atoms with Crippen molar-refractivity contribution in [3.63, 3.8) is 0 Å². The molecular formula is C26H24F2N4OS. The zero-order valence-electron chi connectivity index (χ0n) is 18.8. The van der Waals surface area contributed by atoms with Gasteiger partial charge in [0.2, 0.25) is 5.95 Å². The molecule has 0 saturated carbocycles. The molecule has 1 heterocycles. The number of halogens is 2. The summed E-state index contributed by atoms with van der Waals surface area (Å²) < 4.78 is 33.4. The number of hydrogen-bond donors (Lipinski definition) is 1. The quantitative estimate of drug-likeness (QED) is 0.286. The van der Waals surface area contributed by atoms with E-state index in [0.717, 1.165) is 11.4 Å². The normalized spacial score (nSPS) is 11.0. The average molecular weight is 479 g/mol. The summed E-state index contributed by atoms with van der Waals surface area (Å²) >= 11 is 1.87. The Labute approximate surface area is 201 Å². The molecule has 4 rings (SSSR count). The van der Waals surface area contributed by atoms with Crippen LogP contribution in [-0.2, 0) is 12.4 Å².